The van der Waals surface area contributed by atoms with E-state index in [9.17, 15) is 9.18 Å². The highest BCUT2D eigenvalue weighted by Gasteiger charge is 2.35. The third-order valence-corrected chi connectivity index (χ3v) is 3.34. The fourth-order valence-electron chi connectivity index (χ4n) is 1.74. The van der Waals surface area contributed by atoms with Crippen LogP contribution in [0.2, 0.25) is 0 Å². The van der Waals surface area contributed by atoms with Crippen molar-refractivity contribution in [2.75, 3.05) is 18.6 Å². The molecule has 1 aliphatic heterocycles. The van der Waals surface area contributed by atoms with Crippen LogP contribution in [-0.2, 0) is 9.53 Å². The molecule has 1 heterocycles. The second kappa shape index (κ2) is 4.41. The first-order valence-electron chi connectivity index (χ1n) is 4.93. The van der Waals surface area contributed by atoms with E-state index in [4.69, 9.17) is 4.74 Å². The fraction of sp³-hybridized carbons (Fsp3) is 0.364. The summed E-state index contributed by atoms with van der Waals surface area (Å²) in [4.78, 5) is 13.3. The molecule has 1 aromatic rings. The van der Waals surface area contributed by atoms with Crippen LogP contribution in [0.25, 0.3) is 0 Å². The van der Waals surface area contributed by atoms with E-state index >= 15 is 0 Å². The van der Waals surface area contributed by atoms with Gasteiger partial charge in [0.2, 0.25) is 0 Å². The van der Waals surface area contributed by atoms with Crippen LogP contribution in [0.4, 0.5) is 10.1 Å². The van der Waals surface area contributed by atoms with Gasteiger partial charge >= 0.3 is 5.97 Å². The van der Waals surface area contributed by atoms with Gasteiger partial charge in [-0.1, -0.05) is 0 Å². The molecule has 1 saturated heterocycles. The topological polar surface area (TPSA) is 29.5 Å². The number of methoxy groups -OCH3 is 1. The van der Waals surface area contributed by atoms with Crippen LogP contribution in [0.1, 0.15) is 6.42 Å². The molecule has 3 nitrogen and oxygen atoms in total. The largest absolute Gasteiger partial charge is 0.467 e. The first kappa shape index (κ1) is 11.4. The average Bonchev–Trinajstić information content (AvgIpc) is 2.21. The van der Waals surface area contributed by atoms with Gasteiger partial charge in [-0.3, -0.25) is 0 Å². The van der Waals surface area contributed by atoms with Crippen molar-refractivity contribution < 1.29 is 13.9 Å². The maximum absolute atomic E-state index is 13.0. The highest BCUT2D eigenvalue weighted by atomic mass is 79.9. The van der Waals surface area contributed by atoms with E-state index in [1.807, 2.05) is 4.90 Å². The molecule has 1 aliphatic rings. The van der Waals surface area contributed by atoms with Gasteiger partial charge in [0, 0.05) is 12.2 Å². The Bertz CT molecular complexity index is 424. The summed E-state index contributed by atoms with van der Waals surface area (Å²) in [6.45, 7) is 0.790. The van der Waals surface area contributed by atoms with Crippen molar-refractivity contribution in [1.29, 1.82) is 0 Å². The maximum Gasteiger partial charge on any atom is 0.328 e. The van der Waals surface area contributed by atoms with Gasteiger partial charge in [0.25, 0.3) is 0 Å². The van der Waals surface area contributed by atoms with Gasteiger partial charge in [-0.25, -0.2) is 9.18 Å². The summed E-state index contributed by atoms with van der Waals surface area (Å²) in [6, 6.07) is 4.48. The quantitative estimate of drug-likeness (QED) is 0.782. The lowest BCUT2D eigenvalue weighted by atomic mass is 10.0. The van der Waals surface area contributed by atoms with Crippen LogP contribution in [0.5, 0.6) is 0 Å². The standard InChI is InChI=1S/C11H11BrFNO2/c1-16-11(15)10-4-5-14(10)7-2-3-9(13)8(12)6-7/h2-3,6,10H,4-5H2,1H3. The van der Waals surface area contributed by atoms with Crippen molar-refractivity contribution in [3.63, 3.8) is 0 Å². The van der Waals surface area contributed by atoms with Crippen molar-refractivity contribution >= 4 is 27.6 Å². The number of carbonyl (C=O) groups excluding carboxylic acids is 1. The summed E-state index contributed by atoms with van der Waals surface area (Å²) < 4.78 is 18.1. The first-order chi connectivity index (χ1) is 7.63. The summed E-state index contributed by atoms with van der Waals surface area (Å²) in [5, 5.41) is 0. The lowest BCUT2D eigenvalue weighted by molar-refractivity contribution is -0.143. The highest BCUT2D eigenvalue weighted by molar-refractivity contribution is 9.10. The summed E-state index contributed by atoms with van der Waals surface area (Å²) in [5.41, 5.74) is 0.829. The molecule has 1 fully saturated rings. The molecule has 0 spiro atoms. The summed E-state index contributed by atoms with van der Waals surface area (Å²) >= 11 is 3.12. The van der Waals surface area contributed by atoms with Crippen molar-refractivity contribution in [2.45, 2.75) is 12.5 Å². The lowest BCUT2D eigenvalue weighted by Crippen LogP contribution is -2.53. The number of nitrogens with zero attached hydrogens (tertiary/aromatic N) is 1. The zero-order chi connectivity index (χ0) is 11.7. The molecule has 1 atom stereocenters. The minimum atomic E-state index is -0.307. The normalized spacial score (nSPS) is 19.2. The predicted octanol–water partition coefficient (Wildman–Crippen LogP) is 2.34. The Morgan fingerprint density at radius 3 is 2.88 bits per heavy atom. The third-order valence-electron chi connectivity index (χ3n) is 2.73. The van der Waals surface area contributed by atoms with Crippen LogP contribution in [0.15, 0.2) is 22.7 Å². The highest BCUT2D eigenvalue weighted by Crippen LogP contribution is 2.30. The van der Waals surface area contributed by atoms with E-state index in [2.05, 4.69) is 15.9 Å². The Balaban J connectivity index is 2.19. The number of carbonyl (C=O) groups is 1. The van der Waals surface area contributed by atoms with E-state index in [-0.39, 0.29) is 17.8 Å². The second-order valence-corrected chi connectivity index (χ2v) is 4.47. The zero-order valence-electron chi connectivity index (χ0n) is 8.74. The summed E-state index contributed by atoms with van der Waals surface area (Å²) in [6.07, 6.45) is 0.779. The molecule has 1 unspecified atom stereocenters. The summed E-state index contributed by atoms with van der Waals surface area (Å²) in [5.74, 6) is -0.550. The molecule has 0 aliphatic carbocycles. The Hall–Kier alpha value is -1.10. The molecular formula is C11H11BrFNO2. The SMILES string of the molecule is COC(=O)C1CCN1c1ccc(F)c(Br)c1. The first-order valence-corrected chi connectivity index (χ1v) is 5.72. The number of halogens is 2. The molecule has 1 aromatic carbocycles. The van der Waals surface area contributed by atoms with Crippen molar-refractivity contribution in [3.8, 4) is 0 Å². The molecule has 16 heavy (non-hydrogen) atoms. The summed E-state index contributed by atoms with van der Waals surface area (Å²) in [7, 11) is 1.37. The van der Waals surface area contributed by atoms with Gasteiger partial charge in [-0.2, -0.15) is 0 Å². The minimum Gasteiger partial charge on any atom is -0.467 e. The van der Waals surface area contributed by atoms with Gasteiger partial charge < -0.3 is 9.64 Å². The lowest BCUT2D eigenvalue weighted by Gasteiger charge is -2.40. The monoisotopic (exact) mass is 287 g/mol. The van der Waals surface area contributed by atoms with Crippen LogP contribution >= 0.6 is 15.9 Å². The van der Waals surface area contributed by atoms with Crippen molar-refractivity contribution in [1.82, 2.24) is 0 Å². The van der Waals surface area contributed by atoms with E-state index in [0.717, 1.165) is 18.7 Å². The minimum absolute atomic E-state index is 0.234. The smallest absolute Gasteiger partial charge is 0.328 e. The molecule has 0 bridgehead atoms. The molecule has 5 heteroatoms. The molecule has 0 N–H and O–H groups in total. The number of rotatable bonds is 2. The van der Waals surface area contributed by atoms with E-state index < -0.39 is 0 Å². The average molecular weight is 288 g/mol. The van der Waals surface area contributed by atoms with Crippen molar-refractivity contribution in [2.24, 2.45) is 0 Å². The van der Waals surface area contributed by atoms with Gasteiger partial charge in [-0.15, -0.1) is 0 Å². The van der Waals surface area contributed by atoms with Crippen LogP contribution in [0, 0.1) is 5.82 Å². The molecule has 86 valence electrons. The molecule has 0 amide bonds. The molecular weight excluding hydrogens is 277 g/mol. The van der Waals surface area contributed by atoms with E-state index in [1.165, 1.54) is 13.2 Å². The third kappa shape index (κ3) is 1.91. The number of benzene rings is 1. The number of esters is 1. The van der Waals surface area contributed by atoms with Crippen LogP contribution < -0.4 is 4.90 Å². The number of ether oxygens (including phenoxy) is 1. The number of anilines is 1. The van der Waals surface area contributed by atoms with Gasteiger partial charge in [0.1, 0.15) is 11.9 Å². The Morgan fingerprint density at radius 1 is 1.62 bits per heavy atom. The van der Waals surface area contributed by atoms with Gasteiger partial charge in [-0.05, 0) is 40.5 Å². The zero-order valence-corrected chi connectivity index (χ0v) is 10.3. The van der Waals surface area contributed by atoms with Gasteiger partial charge in [0.15, 0.2) is 0 Å². The van der Waals surface area contributed by atoms with Gasteiger partial charge in [0.05, 0.1) is 11.6 Å². The molecule has 0 saturated carbocycles. The number of hydrogen-bond donors (Lipinski definition) is 0. The van der Waals surface area contributed by atoms with Crippen LogP contribution in [-0.4, -0.2) is 25.7 Å². The molecule has 0 aromatic heterocycles. The Kier molecular flexibility index (Phi) is 3.14. The maximum atomic E-state index is 13.0. The Morgan fingerprint density at radius 2 is 2.38 bits per heavy atom. The van der Waals surface area contributed by atoms with Crippen LogP contribution in [0.3, 0.4) is 0 Å². The Labute approximate surface area is 101 Å². The van der Waals surface area contributed by atoms with Crippen molar-refractivity contribution in [3.05, 3.63) is 28.5 Å². The fourth-order valence-corrected chi connectivity index (χ4v) is 2.11. The van der Waals surface area contributed by atoms with E-state index in [1.54, 1.807) is 12.1 Å². The van der Waals surface area contributed by atoms with E-state index in [0.29, 0.717) is 4.47 Å². The number of hydrogen-bond acceptors (Lipinski definition) is 3. The molecule has 0 radical (unpaired) electrons. The predicted molar refractivity (Wildman–Crippen MR) is 61.9 cm³/mol. The molecule has 2 rings (SSSR count). The second-order valence-electron chi connectivity index (χ2n) is 3.62.